The minimum Gasteiger partial charge on any atom is -0.369 e. The fourth-order valence-corrected chi connectivity index (χ4v) is 2.68. The summed E-state index contributed by atoms with van der Waals surface area (Å²) in [6.45, 7) is 6.52. The van der Waals surface area contributed by atoms with E-state index in [1.807, 2.05) is 10.6 Å². The van der Waals surface area contributed by atoms with Crippen LogP contribution in [0.4, 0.5) is 5.95 Å². The van der Waals surface area contributed by atoms with E-state index in [-0.39, 0.29) is 6.04 Å². The molecule has 1 aromatic carbocycles. The van der Waals surface area contributed by atoms with E-state index < -0.39 is 0 Å². The molecule has 2 aromatic rings. The number of nitrogens with zero attached hydrogens (tertiary/aromatic N) is 2. The number of imidazole rings is 1. The number of nitrogen functional groups attached to an aromatic ring is 1. The second-order valence-electron chi connectivity index (χ2n) is 5.07. The molecule has 0 fully saturated rings. The first-order valence-electron chi connectivity index (χ1n) is 6.02. The number of aromatic nitrogens is 2. The largest absolute Gasteiger partial charge is 0.369 e. The summed E-state index contributed by atoms with van der Waals surface area (Å²) in [6.07, 6.45) is 1.04. The molecule has 0 spiro atoms. The number of rotatable bonds is 3. The Kier molecular flexibility index (Phi) is 3.74. The predicted molar refractivity (Wildman–Crippen MR) is 78.3 cm³/mol. The molecule has 2 rings (SSSR count). The minimum atomic E-state index is 0.284. The third kappa shape index (κ3) is 2.43. The number of hydrogen-bond donors (Lipinski definition) is 1. The van der Waals surface area contributed by atoms with Crippen LogP contribution in [0.5, 0.6) is 0 Å². The van der Waals surface area contributed by atoms with E-state index in [2.05, 4.69) is 25.8 Å². The standard InChI is InChI=1S/C13H17Cl2N3/c1-7(2)4-8(3)18-12-6-10(15)9(14)5-11(12)17-13(18)16/h5-8H,4H2,1-3H3,(H2,16,17). The first kappa shape index (κ1) is 13.5. The second-order valence-corrected chi connectivity index (χ2v) is 5.89. The van der Waals surface area contributed by atoms with E-state index in [0.717, 1.165) is 17.5 Å². The molecular weight excluding hydrogens is 269 g/mol. The summed E-state index contributed by atoms with van der Waals surface area (Å²) in [4.78, 5) is 4.34. The van der Waals surface area contributed by atoms with Gasteiger partial charge in [-0.3, -0.25) is 0 Å². The van der Waals surface area contributed by atoms with Crippen molar-refractivity contribution in [2.45, 2.75) is 33.2 Å². The highest BCUT2D eigenvalue weighted by atomic mass is 35.5. The third-order valence-electron chi connectivity index (χ3n) is 3.01. The van der Waals surface area contributed by atoms with Gasteiger partial charge in [-0.05, 0) is 31.4 Å². The van der Waals surface area contributed by atoms with Gasteiger partial charge in [0.25, 0.3) is 0 Å². The van der Waals surface area contributed by atoms with Gasteiger partial charge in [0.15, 0.2) is 0 Å². The van der Waals surface area contributed by atoms with Gasteiger partial charge in [-0.2, -0.15) is 0 Å². The summed E-state index contributed by atoms with van der Waals surface area (Å²) in [5.74, 6) is 1.11. The highest BCUT2D eigenvalue weighted by Gasteiger charge is 2.16. The van der Waals surface area contributed by atoms with Crippen LogP contribution in [0.15, 0.2) is 12.1 Å². The zero-order valence-electron chi connectivity index (χ0n) is 10.7. The summed E-state index contributed by atoms with van der Waals surface area (Å²) in [5, 5.41) is 1.03. The molecule has 1 atom stereocenters. The van der Waals surface area contributed by atoms with Crippen molar-refractivity contribution in [2.75, 3.05) is 5.73 Å². The Morgan fingerprint density at radius 3 is 2.44 bits per heavy atom. The van der Waals surface area contributed by atoms with Crippen LogP contribution < -0.4 is 5.73 Å². The zero-order valence-corrected chi connectivity index (χ0v) is 12.3. The molecule has 2 N–H and O–H groups in total. The number of nitrogens with two attached hydrogens (primary N) is 1. The third-order valence-corrected chi connectivity index (χ3v) is 3.73. The molecule has 0 bridgehead atoms. The smallest absolute Gasteiger partial charge is 0.201 e. The molecule has 1 heterocycles. The molecule has 0 amide bonds. The summed E-state index contributed by atoms with van der Waals surface area (Å²) in [7, 11) is 0. The van der Waals surface area contributed by atoms with Crippen molar-refractivity contribution in [2.24, 2.45) is 5.92 Å². The van der Waals surface area contributed by atoms with Crippen LogP contribution >= 0.6 is 23.2 Å². The first-order valence-corrected chi connectivity index (χ1v) is 6.78. The monoisotopic (exact) mass is 285 g/mol. The molecule has 1 aromatic heterocycles. The Balaban J connectivity index is 2.56. The van der Waals surface area contributed by atoms with Gasteiger partial charge in [0.2, 0.25) is 5.95 Å². The van der Waals surface area contributed by atoms with E-state index in [9.17, 15) is 0 Å². The average molecular weight is 286 g/mol. The van der Waals surface area contributed by atoms with Gasteiger partial charge in [-0.25, -0.2) is 4.98 Å². The summed E-state index contributed by atoms with van der Waals surface area (Å²) < 4.78 is 2.03. The maximum atomic E-state index is 6.07. The maximum Gasteiger partial charge on any atom is 0.201 e. The fourth-order valence-electron chi connectivity index (χ4n) is 2.36. The molecule has 18 heavy (non-hydrogen) atoms. The van der Waals surface area contributed by atoms with Gasteiger partial charge in [-0.1, -0.05) is 37.0 Å². The molecule has 3 nitrogen and oxygen atoms in total. The number of hydrogen-bond acceptors (Lipinski definition) is 2. The zero-order chi connectivity index (χ0) is 13.4. The van der Waals surface area contributed by atoms with Gasteiger partial charge in [0, 0.05) is 6.04 Å². The lowest BCUT2D eigenvalue weighted by Crippen LogP contribution is -2.11. The fraction of sp³-hybridized carbons (Fsp3) is 0.462. The summed E-state index contributed by atoms with van der Waals surface area (Å²) in [5.41, 5.74) is 7.73. The lowest BCUT2D eigenvalue weighted by molar-refractivity contribution is 0.439. The number of benzene rings is 1. The SMILES string of the molecule is CC(C)CC(C)n1c(N)nc2cc(Cl)c(Cl)cc21. The van der Waals surface area contributed by atoms with Crippen molar-refractivity contribution in [1.29, 1.82) is 0 Å². The van der Waals surface area contributed by atoms with Crippen LogP contribution in [0, 0.1) is 5.92 Å². The van der Waals surface area contributed by atoms with Gasteiger partial charge < -0.3 is 10.3 Å². The van der Waals surface area contributed by atoms with Crippen LogP contribution in [0.1, 0.15) is 33.2 Å². The van der Waals surface area contributed by atoms with E-state index in [1.165, 1.54) is 0 Å². The van der Waals surface area contributed by atoms with Crippen molar-refractivity contribution in [3.63, 3.8) is 0 Å². The molecule has 1 unspecified atom stereocenters. The number of halogens is 2. The highest BCUT2D eigenvalue weighted by molar-refractivity contribution is 6.42. The van der Waals surface area contributed by atoms with Crippen LogP contribution in [-0.4, -0.2) is 9.55 Å². The van der Waals surface area contributed by atoms with Crippen LogP contribution in [0.3, 0.4) is 0 Å². The molecular formula is C13H17Cl2N3. The Hall–Kier alpha value is -0.930. The lowest BCUT2D eigenvalue weighted by Gasteiger charge is -2.18. The van der Waals surface area contributed by atoms with E-state index in [1.54, 1.807) is 6.07 Å². The van der Waals surface area contributed by atoms with Crippen molar-refractivity contribution in [1.82, 2.24) is 9.55 Å². The van der Waals surface area contributed by atoms with E-state index in [4.69, 9.17) is 28.9 Å². The van der Waals surface area contributed by atoms with Crippen LogP contribution in [0.25, 0.3) is 11.0 Å². The summed E-state index contributed by atoms with van der Waals surface area (Å²) >= 11 is 12.1. The Labute approximate surface area is 117 Å². The normalized spacial score (nSPS) is 13.4. The van der Waals surface area contributed by atoms with Crippen molar-refractivity contribution < 1.29 is 0 Å². The van der Waals surface area contributed by atoms with Crippen LogP contribution in [0.2, 0.25) is 10.0 Å². The molecule has 5 heteroatoms. The Morgan fingerprint density at radius 2 is 1.83 bits per heavy atom. The van der Waals surface area contributed by atoms with Crippen molar-refractivity contribution in [3.8, 4) is 0 Å². The van der Waals surface area contributed by atoms with Crippen molar-refractivity contribution >= 4 is 40.2 Å². The summed E-state index contributed by atoms with van der Waals surface area (Å²) in [6, 6.07) is 3.88. The molecule has 98 valence electrons. The average Bonchev–Trinajstić information content (AvgIpc) is 2.53. The van der Waals surface area contributed by atoms with Gasteiger partial charge in [0.1, 0.15) is 0 Å². The predicted octanol–water partition coefficient (Wildman–Crippen LogP) is 4.53. The second kappa shape index (κ2) is 4.98. The van der Waals surface area contributed by atoms with Crippen molar-refractivity contribution in [3.05, 3.63) is 22.2 Å². The van der Waals surface area contributed by atoms with Crippen LogP contribution in [-0.2, 0) is 0 Å². The molecule has 0 saturated heterocycles. The molecule has 0 aliphatic carbocycles. The van der Waals surface area contributed by atoms with E-state index in [0.29, 0.717) is 21.9 Å². The molecule has 0 radical (unpaired) electrons. The first-order chi connectivity index (χ1) is 8.40. The molecule has 0 aliphatic rings. The lowest BCUT2D eigenvalue weighted by atomic mass is 10.1. The number of anilines is 1. The van der Waals surface area contributed by atoms with Gasteiger partial charge in [-0.15, -0.1) is 0 Å². The van der Waals surface area contributed by atoms with E-state index >= 15 is 0 Å². The van der Waals surface area contributed by atoms with Gasteiger partial charge >= 0.3 is 0 Å². The molecule has 0 aliphatic heterocycles. The van der Waals surface area contributed by atoms with Gasteiger partial charge in [0.05, 0.1) is 21.1 Å². The topological polar surface area (TPSA) is 43.8 Å². The number of fused-ring (bicyclic) bond motifs is 1. The Bertz CT molecular complexity index is 575. The maximum absolute atomic E-state index is 6.07. The Morgan fingerprint density at radius 1 is 1.22 bits per heavy atom. The molecule has 0 saturated carbocycles. The minimum absolute atomic E-state index is 0.284. The highest BCUT2D eigenvalue weighted by Crippen LogP contribution is 2.32. The quantitative estimate of drug-likeness (QED) is 0.900.